The van der Waals surface area contributed by atoms with Gasteiger partial charge in [-0.1, -0.05) is 0 Å². The topological polar surface area (TPSA) is 61.8 Å². The van der Waals surface area contributed by atoms with Gasteiger partial charge in [-0.3, -0.25) is 4.79 Å². The van der Waals surface area contributed by atoms with Crippen LogP contribution in [0, 0.1) is 0 Å². The van der Waals surface area contributed by atoms with E-state index in [1.807, 2.05) is 0 Å². The van der Waals surface area contributed by atoms with Crippen molar-refractivity contribution < 1.29 is 23.8 Å². The van der Waals surface area contributed by atoms with E-state index in [1.54, 1.807) is 0 Å². The summed E-state index contributed by atoms with van der Waals surface area (Å²) in [5.41, 5.74) is 0. The fraction of sp³-hybridized carbons (Fsp3) is 0.846. The Morgan fingerprint density at radius 1 is 1.44 bits per heavy atom. The summed E-state index contributed by atoms with van der Waals surface area (Å²) in [6, 6.07) is 0. The SMILES string of the molecule is COC(=O)CCC(CCC=O)OC1CCCCO1. The molecule has 0 aromatic rings. The van der Waals surface area contributed by atoms with Gasteiger partial charge in [0, 0.05) is 19.4 Å². The maximum absolute atomic E-state index is 11.1. The Bertz CT molecular complexity index is 248. The lowest BCUT2D eigenvalue weighted by molar-refractivity contribution is -0.191. The zero-order valence-corrected chi connectivity index (χ0v) is 10.9. The van der Waals surface area contributed by atoms with E-state index in [1.165, 1.54) is 7.11 Å². The molecule has 2 atom stereocenters. The van der Waals surface area contributed by atoms with E-state index in [-0.39, 0.29) is 18.4 Å². The summed E-state index contributed by atoms with van der Waals surface area (Å²) >= 11 is 0. The smallest absolute Gasteiger partial charge is 0.305 e. The van der Waals surface area contributed by atoms with Crippen molar-refractivity contribution >= 4 is 12.3 Å². The number of hydrogen-bond donors (Lipinski definition) is 0. The van der Waals surface area contributed by atoms with Gasteiger partial charge in [-0.15, -0.1) is 0 Å². The average molecular weight is 258 g/mol. The zero-order valence-electron chi connectivity index (χ0n) is 10.9. The molecule has 1 heterocycles. The third-order valence-electron chi connectivity index (χ3n) is 2.99. The Hall–Kier alpha value is -0.940. The molecule has 0 spiro atoms. The van der Waals surface area contributed by atoms with Crippen molar-refractivity contribution in [1.82, 2.24) is 0 Å². The maximum atomic E-state index is 11.1. The molecular formula is C13H22O5. The normalized spacial score (nSPS) is 21.3. The van der Waals surface area contributed by atoms with Crippen LogP contribution in [-0.4, -0.2) is 38.4 Å². The Balaban J connectivity index is 2.33. The number of methoxy groups -OCH3 is 1. The van der Waals surface area contributed by atoms with Gasteiger partial charge in [0.05, 0.1) is 13.2 Å². The summed E-state index contributed by atoms with van der Waals surface area (Å²) < 4.78 is 15.9. The molecule has 1 saturated heterocycles. The van der Waals surface area contributed by atoms with Gasteiger partial charge in [0.15, 0.2) is 6.29 Å². The highest BCUT2D eigenvalue weighted by Gasteiger charge is 2.20. The molecule has 18 heavy (non-hydrogen) atoms. The first-order valence-electron chi connectivity index (χ1n) is 6.53. The standard InChI is InChI=1S/C13H22O5/c1-16-12(15)8-7-11(5-4-9-14)18-13-6-2-3-10-17-13/h9,11,13H,2-8,10H2,1H3. The number of carbonyl (C=O) groups excluding carboxylic acids is 2. The molecule has 1 aliphatic rings. The highest BCUT2D eigenvalue weighted by molar-refractivity contribution is 5.69. The lowest BCUT2D eigenvalue weighted by Gasteiger charge is -2.27. The summed E-state index contributed by atoms with van der Waals surface area (Å²) in [6.45, 7) is 0.724. The molecule has 0 radical (unpaired) electrons. The second-order valence-electron chi connectivity index (χ2n) is 4.41. The van der Waals surface area contributed by atoms with Gasteiger partial charge in [-0.2, -0.15) is 0 Å². The number of carbonyl (C=O) groups is 2. The minimum absolute atomic E-state index is 0.114. The second kappa shape index (κ2) is 9.05. The predicted molar refractivity (Wildman–Crippen MR) is 65.0 cm³/mol. The van der Waals surface area contributed by atoms with E-state index in [4.69, 9.17) is 9.47 Å². The quantitative estimate of drug-likeness (QED) is 0.491. The molecule has 0 aromatic heterocycles. The highest BCUT2D eigenvalue weighted by atomic mass is 16.7. The van der Waals surface area contributed by atoms with Crippen molar-refractivity contribution in [3.05, 3.63) is 0 Å². The van der Waals surface area contributed by atoms with Gasteiger partial charge in [-0.05, 0) is 32.1 Å². The van der Waals surface area contributed by atoms with Crippen LogP contribution in [0.1, 0.15) is 44.9 Å². The second-order valence-corrected chi connectivity index (χ2v) is 4.41. The Labute approximate surface area is 108 Å². The third-order valence-corrected chi connectivity index (χ3v) is 2.99. The summed E-state index contributed by atoms with van der Waals surface area (Å²) in [5, 5.41) is 0. The Kier molecular flexibility index (Phi) is 7.60. The highest BCUT2D eigenvalue weighted by Crippen LogP contribution is 2.19. The van der Waals surface area contributed by atoms with Gasteiger partial charge >= 0.3 is 5.97 Å². The largest absolute Gasteiger partial charge is 0.469 e. The minimum atomic E-state index is -0.251. The Morgan fingerprint density at radius 3 is 2.89 bits per heavy atom. The van der Waals surface area contributed by atoms with E-state index in [9.17, 15) is 9.59 Å². The van der Waals surface area contributed by atoms with Crippen molar-refractivity contribution in [3.63, 3.8) is 0 Å². The van der Waals surface area contributed by atoms with Crippen LogP contribution < -0.4 is 0 Å². The fourth-order valence-corrected chi connectivity index (χ4v) is 1.95. The van der Waals surface area contributed by atoms with Gasteiger partial charge in [0.1, 0.15) is 6.29 Å². The molecule has 5 nitrogen and oxygen atoms in total. The lowest BCUT2D eigenvalue weighted by Crippen LogP contribution is -2.28. The van der Waals surface area contributed by atoms with Crippen molar-refractivity contribution in [3.8, 4) is 0 Å². The lowest BCUT2D eigenvalue weighted by atomic mass is 10.1. The first-order valence-corrected chi connectivity index (χ1v) is 6.53. The molecular weight excluding hydrogens is 236 g/mol. The van der Waals surface area contributed by atoms with Gasteiger partial charge < -0.3 is 19.0 Å². The number of rotatable bonds is 8. The van der Waals surface area contributed by atoms with Gasteiger partial charge in [0.2, 0.25) is 0 Å². The van der Waals surface area contributed by atoms with E-state index in [0.717, 1.165) is 32.2 Å². The van der Waals surface area contributed by atoms with E-state index in [0.29, 0.717) is 25.7 Å². The first kappa shape index (κ1) is 15.1. The summed E-state index contributed by atoms with van der Waals surface area (Å²) in [7, 11) is 1.37. The van der Waals surface area contributed by atoms with Crippen LogP contribution in [0.2, 0.25) is 0 Å². The summed E-state index contributed by atoms with van der Waals surface area (Å²) in [4.78, 5) is 21.5. The monoisotopic (exact) mass is 258 g/mol. The van der Waals surface area contributed by atoms with Crippen LogP contribution in [0.25, 0.3) is 0 Å². The van der Waals surface area contributed by atoms with E-state index < -0.39 is 0 Å². The molecule has 0 amide bonds. The van der Waals surface area contributed by atoms with Crippen LogP contribution in [0.15, 0.2) is 0 Å². The van der Waals surface area contributed by atoms with Crippen molar-refractivity contribution in [2.24, 2.45) is 0 Å². The molecule has 0 saturated carbocycles. The molecule has 0 aliphatic carbocycles. The van der Waals surface area contributed by atoms with Crippen molar-refractivity contribution in [2.75, 3.05) is 13.7 Å². The number of hydrogen-bond acceptors (Lipinski definition) is 5. The molecule has 2 unspecified atom stereocenters. The number of ether oxygens (including phenoxy) is 3. The van der Waals surface area contributed by atoms with Gasteiger partial charge in [0.25, 0.3) is 0 Å². The van der Waals surface area contributed by atoms with Crippen molar-refractivity contribution in [1.29, 1.82) is 0 Å². The van der Waals surface area contributed by atoms with E-state index >= 15 is 0 Å². The van der Waals surface area contributed by atoms with Crippen molar-refractivity contribution in [2.45, 2.75) is 57.3 Å². The van der Waals surface area contributed by atoms with Gasteiger partial charge in [-0.25, -0.2) is 0 Å². The fourth-order valence-electron chi connectivity index (χ4n) is 1.95. The summed E-state index contributed by atoms with van der Waals surface area (Å²) in [6.07, 6.45) is 5.58. The maximum Gasteiger partial charge on any atom is 0.305 e. The third kappa shape index (κ3) is 6.12. The van der Waals surface area contributed by atoms with Crippen LogP contribution in [0.5, 0.6) is 0 Å². The molecule has 0 aromatic carbocycles. The first-order chi connectivity index (χ1) is 8.76. The summed E-state index contributed by atoms with van der Waals surface area (Å²) in [5.74, 6) is -0.251. The van der Waals surface area contributed by atoms with Crippen LogP contribution in [-0.2, 0) is 23.8 Å². The van der Waals surface area contributed by atoms with E-state index in [2.05, 4.69) is 4.74 Å². The predicted octanol–water partition coefficient (Wildman–Crippen LogP) is 1.83. The van der Waals surface area contributed by atoms with Crippen LogP contribution >= 0.6 is 0 Å². The average Bonchev–Trinajstić information content (AvgIpc) is 2.42. The zero-order chi connectivity index (χ0) is 13.2. The van der Waals surface area contributed by atoms with Crippen LogP contribution in [0.4, 0.5) is 0 Å². The molecule has 1 aliphatic heterocycles. The molecule has 1 fully saturated rings. The molecule has 1 rings (SSSR count). The molecule has 0 N–H and O–H groups in total. The molecule has 104 valence electrons. The molecule has 0 bridgehead atoms. The Morgan fingerprint density at radius 2 is 2.28 bits per heavy atom. The number of aldehydes is 1. The van der Waals surface area contributed by atoms with Crippen LogP contribution in [0.3, 0.4) is 0 Å². The molecule has 5 heteroatoms. The number of esters is 1. The minimum Gasteiger partial charge on any atom is -0.469 e.